The van der Waals surface area contributed by atoms with Gasteiger partial charge in [-0.3, -0.25) is 15.1 Å². The number of carbonyl (C=O) groups is 1. The molecular weight excluding hydrogens is 480 g/mol. The van der Waals surface area contributed by atoms with E-state index in [9.17, 15) is 14.9 Å². The molecule has 1 heterocycles. The second kappa shape index (κ2) is 9.37. The van der Waals surface area contributed by atoms with Crippen molar-refractivity contribution in [3.63, 3.8) is 0 Å². The molecule has 1 aromatic carbocycles. The second-order valence-electron chi connectivity index (χ2n) is 11.9. The molecule has 6 atom stereocenters. The summed E-state index contributed by atoms with van der Waals surface area (Å²) in [6, 6.07) is 9.69. The Bertz CT molecular complexity index is 1300. The van der Waals surface area contributed by atoms with Gasteiger partial charge in [-0.15, -0.1) is 0 Å². The fourth-order valence-corrected chi connectivity index (χ4v) is 8.16. The molecule has 0 spiro atoms. The van der Waals surface area contributed by atoms with Crippen LogP contribution in [0.25, 0.3) is 5.57 Å². The van der Waals surface area contributed by atoms with E-state index in [1.807, 2.05) is 18.5 Å². The van der Waals surface area contributed by atoms with Crippen molar-refractivity contribution in [2.24, 2.45) is 28.6 Å². The number of fused-ring (bicyclic) bond motifs is 5. The molecule has 198 valence electrons. The molecule has 0 amide bonds. The fourth-order valence-electron chi connectivity index (χ4n) is 8.16. The molecule has 7 heteroatoms. The molecule has 2 fully saturated rings. The monoisotopic (exact) mass is 514 g/mol. The number of nitrogens with zero attached hydrogens (tertiary/aromatic N) is 2. The quantitative estimate of drug-likeness (QED) is 0.138. The lowest BCUT2D eigenvalue weighted by atomic mass is 9.47. The Morgan fingerprint density at radius 3 is 2.55 bits per heavy atom. The van der Waals surface area contributed by atoms with Crippen LogP contribution in [0.2, 0.25) is 0 Å². The number of aromatic nitrogens is 1. The van der Waals surface area contributed by atoms with E-state index in [1.54, 1.807) is 0 Å². The summed E-state index contributed by atoms with van der Waals surface area (Å²) in [5.41, 5.74) is 4.48. The zero-order valence-electron chi connectivity index (χ0n) is 22.0. The smallest absolute Gasteiger partial charge is 0.430 e. The summed E-state index contributed by atoms with van der Waals surface area (Å²) >= 11 is 0. The molecule has 6 rings (SSSR count). The molecule has 0 N–H and O–H groups in total. The second-order valence-corrected chi connectivity index (χ2v) is 11.9. The van der Waals surface area contributed by atoms with Crippen molar-refractivity contribution in [2.75, 3.05) is 0 Å². The van der Waals surface area contributed by atoms with Crippen molar-refractivity contribution in [3.8, 4) is 5.75 Å². The first-order chi connectivity index (χ1) is 18.3. The van der Waals surface area contributed by atoms with Crippen LogP contribution in [0.4, 0.5) is 10.5 Å². The predicted molar refractivity (Wildman–Crippen MR) is 143 cm³/mol. The van der Waals surface area contributed by atoms with Gasteiger partial charge in [-0.25, -0.2) is 4.79 Å². The summed E-state index contributed by atoms with van der Waals surface area (Å²) in [5.74, 6) is 2.20. The topological polar surface area (TPSA) is 91.6 Å². The number of benzene rings is 1. The minimum Gasteiger partial charge on any atom is -0.430 e. The number of carbonyl (C=O) groups excluding carboxylic acids is 1. The first kappa shape index (κ1) is 24.8. The SMILES string of the molecule is C[C@]12CC[C@H](OC(=O)Oc3ccc([N+](=O)[O-])cc3)CC1=CC[C@@H]1[C@@H]2CC[C@]2(C)C(c3cccnc3)=CC[C@@H]12. The van der Waals surface area contributed by atoms with Crippen molar-refractivity contribution >= 4 is 17.4 Å². The Morgan fingerprint density at radius 2 is 1.82 bits per heavy atom. The standard InChI is InChI=1S/C31H34N2O5/c1-30-15-13-24(38-29(34)37-23-8-6-22(7-9-23)33(35)36)18-21(30)5-10-25-27-12-11-26(20-4-3-17-32-19-20)31(27,2)16-14-28(25)30/h3-9,11,17,19,24-25,27-28H,10,12-16,18H2,1-2H3/t24-,25-,27-,28-,30-,31+/m0/s1. The highest BCUT2D eigenvalue weighted by molar-refractivity contribution is 5.72. The van der Waals surface area contributed by atoms with Crippen molar-refractivity contribution in [1.29, 1.82) is 0 Å². The van der Waals surface area contributed by atoms with Crippen LogP contribution in [-0.2, 0) is 4.74 Å². The molecule has 1 aromatic heterocycles. The van der Waals surface area contributed by atoms with Crippen molar-refractivity contribution in [2.45, 2.75) is 64.9 Å². The number of rotatable bonds is 4. The average Bonchev–Trinajstić information content (AvgIpc) is 3.27. The number of non-ortho nitro benzene ring substituents is 1. The molecule has 4 aliphatic carbocycles. The van der Waals surface area contributed by atoms with Crippen LogP contribution in [0.3, 0.4) is 0 Å². The van der Waals surface area contributed by atoms with Gasteiger partial charge in [0.05, 0.1) is 4.92 Å². The molecule has 0 bridgehead atoms. The van der Waals surface area contributed by atoms with Crippen LogP contribution in [0.5, 0.6) is 5.75 Å². The molecule has 0 radical (unpaired) electrons. The lowest BCUT2D eigenvalue weighted by molar-refractivity contribution is -0.384. The Morgan fingerprint density at radius 1 is 1.03 bits per heavy atom. The van der Waals surface area contributed by atoms with Crippen molar-refractivity contribution < 1.29 is 19.2 Å². The van der Waals surface area contributed by atoms with Crippen LogP contribution in [0.1, 0.15) is 64.4 Å². The minimum absolute atomic E-state index is 0.0514. The third kappa shape index (κ3) is 4.12. The van der Waals surface area contributed by atoms with Crippen LogP contribution in [-0.4, -0.2) is 22.2 Å². The Hall–Kier alpha value is -3.48. The van der Waals surface area contributed by atoms with Gasteiger partial charge in [-0.1, -0.05) is 37.6 Å². The highest BCUT2D eigenvalue weighted by atomic mass is 16.7. The molecule has 38 heavy (non-hydrogen) atoms. The Balaban J connectivity index is 1.12. The van der Waals surface area contributed by atoms with E-state index in [0.717, 1.165) is 32.1 Å². The maximum absolute atomic E-state index is 12.5. The minimum atomic E-state index is -0.755. The lowest BCUT2D eigenvalue weighted by Gasteiger charge is -2.57. The first-order valence-corrected chi connectivity index (χ1v) is 13.7. The number of nitro benzene ring substituents is 1. The molecule has 2 saturated carbocycles. The number of allylic oxidation sites excluding steroid dienone is 3. The summed E-state index contributed by atoms with van der Waals surface area (Å²) in [5, 5.41) is 10.8. The number of ether oxygens (including phenoxy) is 2. The van der Waals surface area contributed by atoms with Crippen LogP contribution < -0.4 is 4.74 Å². The molecular formula is C31H34N2O5. The van der Waals surface area contributed by atoms with E-state index in [1.165, 1.54) is 53.8 Å². The summed E-state index contributed by atoms with van der Waals surface area (Å²) in [7, 11) is 0. The predicted octanol–water partition coefficient (Wildman–Crippen LogP) is 7.53. The first-order valence-electron chi connectivity index (χ1n) is 13.7. The third-order valence-electron chi connectivity index (χ3n) is 10.1. The number of hydrogen-bond acceptors (Lipinski definition) is 6. The lowest BCUT2D eigenvalue weighted by Crippen LogP contribution is -2.50. The number of hydrogen-bond donors (Lipinski definition) is 0. The van der Waals surface area contributed by atoms with Gasteiger partial charge < -0.3 is 9.47 Å². The summed E-state index contributed by atoms with van der Waals surface area (Å²) in [6.07, 6.45) is 15.0. The van der Waals surface area contributed by atoms with Gasteiger partial charge in [0.2, 0.25) is 0 Å². The summed E-state index contributed by atoms with van der Waals surface area (Å²) in [4.78, 5) is 27.2. The zero-order valence-corrected chi connectivity index (χ0v) is 22.0. The van der Waals surface area contributed by atoms with Gasteiger partial charge in [0.25, 0.3) is 5.69 Å². The van der Waals surface area contributed by atoms with E-state index in [2.05, 4.69) is 37.0 Å². The molecule has 7 nitrogen and oxygen atoms in total. The number of pyridine rings is 1. The van der Waals surface area contributed by atoms with E-state index in [0.29, 0.717) is 17.8 Å². The maximum atomic E-state index is 12.5. The average molecular weight is 515 g/mol. The summed E-state index contributed by atoms with van der Waals surface area (Å²) in [6.45, 7) is 4.91. The number of nitro groups is 1. The van der Waals surface area contributed by atoms with Gasteiger partial charge in [0.15, 0.2) is 0 Å². The molecule has 0 unspecified atom stereocenters. The van der Waals surface area contributed by atoms with Crippen LogP contribution in [0, 0.1) is 38.7 Å². The van der Waals surface area contributed by atoms with Crippen LogP contribution >= 0.6 is 0 Å². The fraction of sp³-hybridized carbons (Fsp3) is 0.484. The molecule has 4 aliphatic rings. The van der Waals surface area contributed by atoms with Gasteiger partial charge in [0, 0.05) is 30.9 Å². The van der Waals surface area contributed by atoms with Crippen molar-refractivity contribution in [3.05, 3.63) is 82.2 Å². The largest absolute Gasteiger partial charge is 0.514 e. The van der Waals surface area contributed by atoms with E-state index in [-0.39, 0.29) is 28.4 Å². The van der Waals surface area contributed by atoms with Gasteiger partial charge in [-0.2, -0.15) is 0 Å². The molecule has 2 aromatic rings. The zero-order chi connectivity index (χ0) is 26.5. The molecule has 0 aliphatic heterocycles. The molecule has 0 saturated heterocycles. The highest BCUT2D eigenvalue weighted by Gasteiger charge is 2.57. The van der Waals surface area contributed by atoms with Crippen molar-refractivity contribution in [1.82, 2.24) is 4.98 Å². The van der Waals surface area contributed by atoms with Gasteiger partial charge in [-0.05, 0) is 96.4 Å². The maximum Gasteiger partial charge on any atom is 0.514 e. The van der Waals surface area contributed by atoms with Crippen LogP contribution in [0.15, 0.2) is 66.5 Å². The Labute approximate surface area is 223 Å². The third-order valence-corrected chi connectivity index (χ3v) is 10.1. The van der Waals surface area contributed by atoms with E-state index in [4.69, 9.17) is 9.47 Å². The van der Waals surface area contributed by atoms with Gasteiger partial charge >= 0.3 is 6.16 Å². The highest BCUT2D eigenvalue weighted by Crippen LogP contribution is 2.66. The summed E-state index contributed by atoms with van der Waals surface area (Å²) < 4.78 is 11.0. The van der Waals surface area contributed by atoms with E-state index < -0.39 is 11.1 Å². The van der Waals surface area contributed by atoms with Gasteiger partial charge in [0.1, 0.15) is 11.9 Å². The van der Waals surface area contributed by atoms with E-state index >= 15 is 0 Å². The normalized spacial score (nSPS) is 33.6. The Kier molecular flexibility index (Phi) is 6.12.